The molecule has 0 aliphatic heterocycles. The molecule has 0 saturated carbocycles. The van der Waals surface area contributed by atoms with E-state index in [2.05, 4.69) is 4.98 Å². The Morgan fingerprint density at radius 2 is 1.82 bits per heavy atom. The third kappa shape index (κ3) is 2.33. The lowest BCUT2D eigenvalue weighted by Gasteiger charge is -2.07. The van der Waals surface area contributed by atoms with Crippen LogP contribution in [-0.2, 0) is 4.74 Å². The summed E-state index contributed by atoms with van der Waals surface area (Å²) < 4.78 is 4.75. The van der Waals surface area contributed by atoms with E-state index >= 15 is 0 Å². The first kappa shape index (κ1) is 11.3. The fraction of sp³-hybridized carbons (Fsp3) is 0.143. The summed E-state index contributed by atoms with van der Waals surface area (Å²) >= 11 is 0. The third-order valence-corrected chi connectivity index (χ3v) is 2.50. The molecule has 0 spiro atoms. The number of hydrogen-bond donors (Lipinski definition) is 0. The van der Waals surface area contributed by atoms with Crippen molar-refractivity contribution in [2.24, 2.45) is 0 Å². The molecule has 0 N–H and O–H groups in total. The molecule has 17 heavy (non-hydrogen) atoms. The summed E-state index contributed by atoms with van der Waals surface area (Å²) in [6, 6.07) is 13.5. The van der Waals surface area contributed by atoms with Crippen LogP contribution >= 0.6 is 0 Å². The molecule has 1 aromatic heterocycles. The van der Waals surface area contributed by atoms with Crippen LogP contribution < -0.4 is 0 Å². The number of esters is 1. The van der Waals surface area contributed by atoms with Crippen molar-refractivity contribution < 1.29 is 9.53 Å². The second-order valence-corrected chi connectivity index (χ2v) is 3.71. The number of benzene rings is 1. The molecule has 0 bridgehead atoms. The smallest absolute Gasteiger partial charge is 0.357 e. The minimum Gasteiger partial charge on any atom is -0.464 e. The standard InChI is InChI=1S/C14H13NO2/c1-10-8-9-12(11-6-4-3-5-7-11)13(15-10)14(16)17-2/h3-9H,1-2H3. The zero-order chi connectivity index (χ0) is 12.3. The van der Waals surface area contributed by atoms with Crippen LogP contribution in [0.5, 0.6) is 0 Å². The molecule has 2 rings (SSSR count). The van der Waals surface area contributed by atoms with Crippen LogP contribution in [0.15, 0.2) is 42.5 Å². The summed E-state index contributed by atoms with van der Waals surface area (Å²) in [6.07, 6.45) is 0. The molecule has 1 heterocycles. The van der Waals surface area contributed by atoms with E-state index in [-0.39, 0.29) is 0 Å². The summed E-state index contributed by atoms with van der Waals surface area (Å²) in [5, 5.41) is 0. The van der Waals surface area contributed by atoms with Crippen LogP contribution in [0, 0.1) is 6.92 Å². The van der Waals surface area contributed by atoms with Crippen LogP contribution in [0.3, 0.4) is 0 Å². The number of nitrogens with zero attached hydrogens (tertiary/aromatic N) is 1. The van der Waals surface area contributed by atoms with Crippen molar-refractivity contribution in [3.63, 3.8) is 0 Å². The number of hydrogen-bond acceptors (Lipinski definition) is 3. The summed E-state index contributed by atoms with van der Waals surface area (Å²) in [5.74, 6) is -0.410. The average Bonchev–Trinajstić information content (AvgIpc) is 2.38. The van der Waals surface area contributed by atoms with E-state index in [1.807, 2.05) is 49.4 Å². The first-order valence-electron chi connectivity index (χ1n) is 5.34. The van der Waals surface area contributed by atoms with E-state index in [1.54, 1.807) is 0 Å². The van der Waals surface area contributed by atoms with Crippen molar-refractivity contribution in [2.75, 3.05) is 7.11 Å². The number of pyridine rings is 1. The Morgan fingerprint density at radius 1 is 1.12 bits per heavy atom. The molecule has 0 saturated heterocycles. The lowest BCUT2D eigenvalue weighted by molar-refractivity contribution is 0.0595. The number of carbonyl (C=O) groups is 1. The highest BCUT2D eigenvalue weighted by atomic mass is 16.5. The first-order chi connectivity index (χ1) is 8.22. The predicted molar refractivity (Wildman–Crippen MR) is 65.7 cm³/mol. The lowest BCUT2D eigenvalue weighted by Crippen LogP contribution is -2.07. The molecule has 86 valence electrons. The molecule has 0 unspecified atom stereocenters. The molecular weight excluding hydrogens is 214 g/mol. The van der Waals surface area contributed by atoms with Crippen LogP contribution in [-0.4, -0.2) is 18.1 Å². The molecule has 0 aliphatic rings. The number of aryl methyl sites for hydroxylation is 1. The highest BCUT2D eigenvalue weighted by molar-refractivity contribution is 5.95. The Hall–Kier alpha value is -2.16. The predicted octanol–water partition coefficient (Wildman–Crippen LogP) is 2.84. The van der Waals surface area contributed by atoms with Crippen molar-refractivity contribution in [1.82, 2.24) is 4.98 Å². The van der Waals surface area contributed by atoms with Crippen LogP contribution in [0.2, 0.25) is 0 Å². The molecule has 0 aliphatic carbocycles. The quantitative estimate of drug-likeness (QED) is 0.740. The number of aromatic nitrogens is 1. The van der Waals surface area contributed by atoms with Crippen molar-refractivity contribution >= 4 is 5.97 Å². The maximum atomic E-state index is 11.7. The highest BCUT2D eigenvalue weighted by Crippen LogP contribution is 2.23. The zero-order valence-electron chi connectivity index (χ0n) is 9.81. The maximum absolute atomic E-state index is 11.7. The molecule has 3 heteroatoms. The summed E-state index contributed by atoms with van der Waals surface area (Å²) in [6.45, 7) is 1.85. The van der Waals surface area contributed by atoms with Crippen molar-refractivity contribution in [2.45, 2.75) is 6.92 Å². The lowest BCUT2D eigenvalue weighted by atomic mass is 10.0. The van der Waals surface area contributed by atoms with E-state index in [0.717, 1.165) is 16.8 Å². The number of rotatable bonds is 2. The Morgan fingerprint density at radius 3 is 2.47 bits per heavy atom. The van der Waals surface area contributed by atoms with Gasteiger partial charge >= 0.3 is 5.97 Å². The van der Waals surface area contributed by atoms with Gasteiger partial charge in [0.25, 0.3) is 0 Å². The van der Waals surface area contributed by atoms with Crippen LogP contribution in [0.1, 0.15) is 16.2 Å². The van der Waals surface area contributed by atoms with Gasteiger partial charge in [0.05, 0.1) is 7.11 Å². The van der Waals surface area contributed by atoms with Gasteiger partial charge in [-0.15, -0.1) is 0 Å². The largest absolute Gasteiger partial charge is 0.464 e. The number of ether oxygens (including phenoxy) is 1. The van der Waals surface area contributed by atoms with Crippen LogP contribution in [0.25, 0.3) is 11.1 Å². The topological polar surface area (TPSA) is 39.2 Å². The van der Waals surface area contributed by atoms with Gasteiger partial charge in [0.1, 0.15) is 0 Å². The van der Waals surface area contributed by atoms with Gasteiger partial charge in [0, 0.05) is 11.3 Å². The van der Waals surface area contributed by atoms with Crippen molar-refractivity contribution in [1.29, 1.82) is 0 Å². The summed E-state index contributed by atoms with van der Waals surface area (Å²) in [5.41, 5.74) is 2.91. The molecular formula is C14H13NO2. The molecule has 3 nitrogen and oxygen atoms in total. The Kier molecular flexibility index (Phi) is 3.19. The van der Waals surface area contributed by atoms with Crippen LogP contribution in [0.4, 0.5) is 0 Å². The van der Waals surface area contributed by atoms with Gasteiger partial charge in [-0.2, -0.15) is 0 Å². The minimum atomic E-state index is -0.410. The zero-order valence-corrected chi connectivity index (χ0v) is 9.81. The van der Waals surface area contributed by atoms with E-state index in [1.165, 1.54) is 7.11 Å². The van der Waals surface area contributed by atoms with E-state index in [0.29, 0.717) is 5.69 Å². The van der Waals surface area contributed by atoms with Gasteiger partial charge in [-0.1, -0.05) is 36.4 Å². The Balaban J connectivity index is 2.58. The Labute approximate surface area is 100 Å². The fourth-order valence-electron chi connectivity index (χ4n) is 1.66. The minimum absolute atomic E-state index is 0.360. The third-order valence-electron chi connectivity index (χ3n) is 2.50. The van der Waals surface area contributed by atoms with Gasteiger partial charge < -0.3 is 4.74 Å². The SMILES string of the molecule is COC(=O)c1nc(C)ccc1-c1ccccc1. The molecule has 1 aromatic carbocycles. The average molecular weight is 227 g/mol. The molecule has 0 amide bonds. The van der Waals surface area contributed by atoms with E-state index in [4.69, 9.17) is 4.74 Å². The number of methoxy groups -OCH3 is 1. The number of carbonyl (C=O) groups excluding carboxylic acids is 1. The van der Waals surface area contributed by atoms with Gasteiger partial charge in [0.15, 0.2) is 5.69 Å². The van der Waals surface area contributed by atoms with Gasteiger partial charge in [-0.05, 0) is 18.6 Å². The highest BCUT2D eigenvalue weighted by Gasteiger charge is 2.14. The fourth-order valence-corrected chi connectivity index (χ4v) is 1.66. The second kappa shape index (κ2) is 4.78. The molecule has 2 aromatic rings. The van der Waals surface area contributed by atoms with Gasteiger partial charge in [0.2, 0.25) is 0 Å². The van der Waals surface area contributed by atoms with Crippen molar-refractivity contribution in [3.8, 4) is 11.1 Å². The summed E-state index contributed by atoms with van der Waals surface area (Å²) in [4.78, 5) is 15.9. The Bertz CT molecular complexity index is 535. The molecule has 0 radical (unpaired) electrons. The van der Waals surface area contributed by atoms with E-state index in [9.17, 15) is 4.79 Å². The summed E-state index contributed by atoms with van der Waals surface area (Å²) in [7, 11) is 1.36. The van der Waals surface area contributed by atoms with E-state index < -0.39 is 5.97 Å². The van der Waals surface area contributed by atoms with Gasteiger partial charge in [-0.3, -0.25) is 0 Å². The maximum Gasteiger partial charge on any atom is 0.357 e. The van der Waals surface area contributed by atoms with Crippen molar-refractivity contribution in [3.05, 3.63) is 53.9 Å². The van der Waals surface area contributed by atoms with Gasteiger partial charge in [-0.25, -0.2) is 9.78 Å². The molecule has 0 atom stereocenters. The molecule has 0 fully saturated rings. The monoisotopic (exact) mass is 227 g/mol. The second-order valence-electron chi connectivity index (χ2n) is 3.71. The first-order valence-corrected chi connectivity index (χ1v) is 5.34. The normalized spacial score (nSPS) is 10.0.